The molecule has 0 saturated heterocycles. The monoisotopic (exact) mass is 265 g/mol. The molecule has 2 atom stereocenters. The van der Waals surface area contributed by atoms with Crippen LogP contribution in [0.4, 0.5) is 0 Å². The van der Waals surface area contributed by atoms with Crippen LogP contribution in [0.5, 0.6) is 5.75 Å². The van der Waals surface area contributed by atoms with Gasteiger partial charge < -0.3 is 15.2 Å². The van der Waals surface area contributed by atoms with Crippen LogP contribution >= 0.6 is 0 Å². The number of nitrogens with one attached hydrogen (secondary N) is 1. The second kappa shape index (κ2) is 8.94. The maximum Gasteiger partial charge on any atom is 0.118 e. The van der Waals surface area contributed by atoms with Crippen LogP contribution in [0.25, 0.3) is 0 Å². The van der Waals surface area contributed by atoms with Crippen molar-refractivity contribution in [2.45, 2.75) is 39.2 Å². The Hall–Kier alpha value is -1.06. The van der Waals surface area contributed by atoms with Crippen molar-refractivity contribution >= 4 is 0 Å². The molecule has 3 heteroatoms. The molecule has 0 amide bonds. The number of rotatable bonds is 9. The largest absolute Gasteiger partial charge is 0.497 e. The van der Waals surface area contributed by atoms with Gasteiger partial charge in [0.15, 0.2) is 0 Å². The van der Waals surface area contributed by atoms with E-state index in [0.29, 0.717) is 18.6 Å². The number of aliphatic hydroxyl groups is 1. The molecular formula is C16H27NO2. The first kappa shape index (κ1) is 16.0. The maximum absolute atomic E-state index is 8.95. The minimum Gasteiger partial charge on any atom is -0.497 e. The summed E-state index contributed by atoms with van der Waals surface area (Å²) in [4.78, 5) is 0. The van der Waals surface area contributed by atoms with E-state index in [1.54, 1.807) is 7.11 Å². The molecule has 3 nitrogen and oxygen atoms in total. The van der Waals surface area contributed by atoms with E-state index in [1.807, 2.05) is 12.1 Å². The van der Waals surface area contributed by atoms with E-state index in [9.17, 15) is 0 Å². The summed E-state index contributed by atoms with van der Waals surface area (Å²) in [6.07, 6.45) is 3.23. The quantitative estimate of drug-likeness (QED) is 0.674. The molecule has 0 saturated carbocycles. The number of hydrogen-bond acceptors (Lipinski definition) is 3. The third-order valence-electron chi connectivity index (χ3n) is 3.38. The van der Waals surface area contributed by atoms with Crippen LogP contribution in [0.1, 0.15) is 32.3 Å². The van der Waals surface area contributed by atoms with Crippen LogP contribution in [0.3, 0.4) is 0 Å². The minimum absolute atomic E-state index is 0.293. The van der Waals surface area contributed by atoms with Gasteiger partial charge in [-0.2, -0.15) is 0 Å². The predicted octanol–water partition coefficient (Wildman–Crippen LogP) is 2.62. The first-order valence-corrected chi connectivity index (χ1v) is 7.13. The Kier molecular flexibility index (Phi) is 7.53. The van der Waals surface area contributed by atoms with E-state index in [1.165, 1.54) is 5.56 Å². The standard InChI is InChI=1S/C16H27NO2/c1-13(12-18)5-4-10-17-14(2)11-15-6-8-16(19-3)9-7-15/h6-9,13-14,17-18H,4-5,10-12H2,1-3H3. The van der Waals surface area contributed by atoms with Crippen molar-refractivity contribution in [3.63, 3.8) is 0 Å². The Morgan fingerprint density at radius 3 is 2.47 bits per heavy atom. The first-order valence-electron chi connectivity index (χ1n) is 7.13. The molecule has 19 heavy (non-hydrogen) atoms. The molecule has 1 rings (SSSR count). The lowest BCUT2D eigenvalue weighted by Gasteiger charge is -2.15. The molecule has 0 aliphatic heterocycles. The van der Waals surface area contributed by atoms with Crippen LogP contribution in [0.15, 0.2) is 24.3 Å². The zero-order chi connectivity index (χ0) is 14.1. The lowest BCUT2D eigenvalue weighted by molar-refractivity contribution is 0.227. The van der Waals surface area contributed by atoms with Crippen LogP contribution in [0, 0.1) is 5.92 Å². The number of hydrogen-bond donors (Lipinski definition) is 2. The number of benzene rings is 1. The van der Waals surface area contributed by atoms with E-state index < -0.39 is 0 Å². The van der Waals surface area contributed by atoms with Gasteiger partial charge in [0, 0.05) is 12.6 Å². The number of ether oxygens (including phenoxy) is 1. The molecule has 2 N–H and O–H groups in total. The third kappa shape index (κ3) is 6.60. The van der Waals surface area contributed by atoms with Gasteiger partial charge in [-0.3, -0.25) is 0 Å². The minimum atomic E-state index is 0.293. The summed E-state index contributed by atoms with van der Waals surface area (Å²) in [5, 5.41) is 12.5. The van der Waals surface area contributed by atoms with Crippen molar-refractivity contribution in [2.24, 2.45) is 5.92 Å². The summed E-state index contributed by atoms with van der Waals surface area (Å²) >= 11 is 0. The SMILES string of the molecule is COc1ccc(CC(C)NCCCC(C)CO)cc1. The van der Waals surface area contributed by atoms with Gasteiger partial charge in [-0.15, -0.1) is 0 Å². The third-order valence-corrected chi connectivity index (χ3v) is 3.38. The van der Waals surface area contributed by atoms with E-state index in [2.05, 4.69) is 31.3 Å². The fourth-order valence-corrected chi connectivity index (χ4v) is 2.08. The van der Waals surface area contributed by atoms with Crippen LogP contribution in [-0.2, 0) is 6.42 Å². The Morgan fingerprint density at radius 1 is 1.21 bits per heavy atom. The molecule has 0 aliphatic rings. The summed E-state index contributed by atoms with van der Waals surface area (Å²) in [5.74, 6) is 1.32. The highest BCUT2D eigenvalue weighted by Gasteiger charge is 2.04. The number of aliphatic hydroxyl groups excluding tert-OH is 1. The Morgan fingerprint density at radius 2 is 1.89 bits per heavy atom. The van der Waals surface area contributed by atoms with Crippen molar-refractivity contribution < 1.29 is 9.84 Å². The van der Waals surface area contributed by atoms with Crippen LogP contribution < -0.4 is 10.1 Å². The van der Waals surface area contributed by atoms with E-state index in [0.717, 1.165) is 31.6 Å². The van der Waals surface area contributed by atoms with E-state index >= 15 is 0 Å². The Bertz CT molecular complexity index is 337. The summed E-state index contributed by atoms with van der Waals surface area (Å²) < 4.78 is 5.15. The maximum atomic E-state index is 8.95. The highest BCUT2D eigenvalue weighted by Crippen LogP contribution is 2.12. The lowest BCUT2D eigenvalue weighted by Crippen LogP contribution is -2.29. The molecule has 0 bridgehead atoms. The first-order chi connectivity index (χ1) is 9.15. The van der Waals surface area contributed by atoms with Crippen molar-refractivity contribution in [3.8, 4) is 5.75 Å². The van der Waals surface area contributed by atoms with Crippen molar-refractivity contribution in [1.82, 2.24) is 5.32 Å². The topological polar surface area (TPSA) is 41.5 Å². The van der Waals surface area contributed by atoms with Gasteiger partial charge in [-0.25, -0.2) is 0 Å². The zero-order valence-corrected chi connectivity index (χ0v) is 12.4. The van der Waals surface area contributed by atoms with E-state index in [4.69, 9.17) is 9.84 Å². The fourth-order valence-electron chi connectivity index (χ4n) is 2.08. The molecule has 2 unspecified atom stereocenters. The second-order valence-electron chi connectivity index (χ2n) is 5.34. The summed E-state index contributed by atoms with van der Waals surface area (Å²) in [5.41, 5.74) is 1.32. The zero-order valence-electron chi connectivity index (χ0n) is 12.4. The van der Waals surface area contributed by atoms with Crippen LogP contribution in [0.2, 0.25) is 0 Å². The molecule has 0 aliphatic carbocycles. The van der Waals surface area contributed by atoms with Gasteiger partial charge in [0.2, 0.25) is 0 Å². The summed E-state index contributed by atoms with van der Waals surface area (Å²) in [7, 11) is 1.69. The van der Waals surface area contributed by atoms with Gasteiger partial charge in [-0.05, 0) is 56.3 Å². The Labute approximate surface area is 117 Å². The second-order valence-corrected chi connectivity index (χ2v) is 5.34. The molecule has 0 fully saturated rings. The van der Waals surface area contributed by atoms with Gasteiger partial charge in [-0.1, -0.05) is 19.1 Å². The van der Waals surface area contributed by atoms with Gasteiger partial charge in [0.25, 0.3) is 0 Å². The highest BCUT2D eigenvalue weighted by atomic mass is 16.5. The molecule has 1 aromatic rings. The van der Waals surface area contributed by atoms with Crippen LogP contribution in [-0.4, -0.2) is 31.4 Å². The molecular weight excluding hydrogens is 238 g/mol. The molecule has 0 heterocycles. The lowest BCUT2D eigenvalue weighted by atomic mass is 10.1. The molecule has 0 aromatic heterocycles. The number of methoxy groups -OCH3 is 1. The summed E-state index contributed by atoms with van der Waals surface area (Å²) in [6, 6.07) is 8.71. The highest BCUT2D eigenvalue weighted by molar-refractivity contribution is 5.27. The average molecular weight is 265 g/mol. The smallest absolute Gasteiger partial charge is 0.118 e. The Balaban J connectivity index is 2.21. The molecule has 108 valence electrons. The molecule has 1 aromatic carbocycles. The van der Waals surface area contributed by atoms with Gasteiger partial charge in [0.1, 0.15) is 5.75 Å². The fraction of sp³-hybridized carbons (Fsp3) is 0.625. The normalized spacial score (nSPS) is 14.1. The van der Waals surface area contributed by atoms with Crippen molar-refractivity contribution in [3.05, 3.63) is 29.8 Å². The van der Waals surface area contributed by atoms with Gasteiger partial charge in [0.05, 0.1) is 7.11 Å². The van der Waals surface area contributed by atoms with Crippen molar-refractivity contribution in [2.75, 3.05) is 20.3 Å². The molecule has 0 spiro atoms. The van der Waals surface area contributed by atoms with E-state index in [-0.39, 0.29) is 0 Å². The predicted molar refractivity (Wildman–Crippen MR) is 79.6 cm³/mol. The average Bonchev–Trinajstić information content (AvgIpc) is 2.44. The van der Waals surface area contributed by atoms with Crippen molar-refractivity contribution in [1.29, 1.82) is 0 Å². The van der Waals surface area contributed by atoms with Gasteiger partial charge >= 0.3 is 0 Å². The molecule has 0 radical (unpaired) electrons. The summed E-state index contributed by atoms with van der Waals surface area (Å²) in [6.45, 7) is 5.60.